The van der Waals surface area contributed by atoms with Crippen LogP contribution in [0.4, 0.5) is 5.69 Å². The second kappa shape index (κ2) is 9.00. The van der Waals surface area contributed by atoms with E-state index >= 15 is 0 Å². The molecule has 2 heterocycles. The van der Waals surface area contributed by atoms with E-state index < -0.39 is 11.2 Å². The van der Waals surface area contributed by atoms with Crippen LogP contribution < -0.4 is 11.3 Å². The molecule has 1 fully saturated rings. The molecule has 8 nitrogen and oxygen atoms in total. The van der Waals surface area contributed by atoms with Crippen LogP contribution in [0.2, 0.25) is 0 Å². The molecule has 1 aromatic carbocycles. The Hall–Kier alpha value is -3.00. The van der Waals surface area contributed by atoms with Crippen molar-refractivity contribution in [3.8, 4) is 0 Å². The van der Waals surface area contributed by atoms with Crippen molar-refractivity contribution in [1.29, 1.82) is 0 Å². The van der Waals surface area contributed by atoms with Gasteiger partial charge in [-0.1, -0.05) is 30.3 Å². The highest BCUT2D eigenvalue weighted by molar-refractivity contribution is 5.83. The average molecular weight is 397 g/mol. The Morgan fingerprint density at radius 3 is 2.66 bits per heavy atom. The predicted molar refractivity (Wildman–Crippen MR) is 112 cm³/mol. The fraction of sp³-hybridized carbons (Fsp3) is 0.429. The molecule has 0 bridgehead atoms. The molecule has 8 heteroatoms. The zero-order valence-electron chi connectivity index (χ0n) is 16.6. The molecule has 1 aliphatic rings. The minimum atomic E-state index is -1.07. The molecular formula is C21H27N5O3. The van der Waals surface area contributed by atoms with Crippen molar-refractivity contribution in [3.05, 3.63) is 58.3 Å². The number of aliphatic hydroxyl groups is 1. The summed E-state index contributed by atoms with van der Waals surface area (Å²) in [6.07, 6.45) is 4.75. The van der Waals surface area contributed by atoms with Crippen LogP contribution in [0.15, 0.2) is 46.4 Å². The fourth-order valence-corrected chi connectivity index (χ4v) is 3.56. The van der Waals surface area contributed by atoms with Gasteiger partial charge >= 0.3 is 0 Å². The number of carbonyl (C=O) groups is 1. The van der Waals surface area contributed by atoms with Gasteiger partial charge in [-0.15, -0.1) is 0 Å². The van der Waals surface area contributed by atoms with Gasteiger partial charge in [-0.3, -0.25) is 19.1 Å². The van der Waals surface area contributed by atoms with Crippen molar-refractivity contribution in [2.45, 2.75) is 37.8 Å². The van der Waals surface area contributed by atoms with Crippen LogP contribution in [0.1, 0.15) is 30.5 Å². The Bertz CT molecular complexity index is 931. The molecule has 0 unspecified atom stereocenters. The zero-order valence-corrected chi connectivity index (χ0v) is 16.6. The lowest BCUT2D eigenvalue weighted by Crippen LogP contribution is -2.49. The van der Waals surface area contributed by atoms with Gasteiger partial charge in [-0.05, 0) is 24.8 Å². The number of nitrogen functional groups attached to an aromatic ring is 1. The van der Waals surface area contributed by atoms with Crippen LogP contribution >= 0.6 is 0 Å². The molecule has 1 aromatic heterocycles. The molecule has 29 heavy (non-hydrogen) atoms. The van der Waals surface area contributed by atoms with Gasteiger partial charge in [-0.25, -0.2) is 4.98 Å². The van der Waals surface area contributed by atoms with Gasteiger partial charge in [0.05, 0.1) is 18.5 Å². The highest BCUT2D eigenvalue weighted by Crippen LogP contribution is 2.24. The third-order valence-corrected chi connectivity index (χ3v) is 5.34. The van der Waals surface area contributed by atoms with E-state index in [1.165, 1.54) is 17.1 Å². The molecule has 0 aliphatic carbocycles. The van der Waals surface area contributed by atoms with E-state index in [9.17, 15) is 14.7 Å². The fourth-order valence-electron chi connectivity index (χ4n) is 3.56. The Labute approximate surface area is 169 Å². The van der Waals surface area contributed by atoms with Crippen molar-refractivity contribution in [1.82, 2.24) is 14.5 Å². The largest absolute Gasteiger partial charge is 0.392 e. The van der Waals surface area contributed by atoms with Gasteiger partial charge in [0, 0.05) is 32.8 Å². The summed E-state index contributed by atoms with van der Waals surface area (Å²) in [5.41, 5.74) is 5.83. The van der Waals surface area contributed by atoms with Crippen molar-refractivity contribution in [3.63, 3.8) is 0 Å². The van der Waals surface area contributed by atoms with E-state index in [2.05, 4.69) is 9.98 Å². The van der Waals surface area contributed by atoms with Crippen LogP contribution in [0.3, 0.4) is 0 Å². The lowest BCUT2D eigenvalue weighted by atomic mass is 9.91. The molecule has 154 valence electrons. The maximum Gasteiger partial charge on any atom is 0.277 e. The highest BCUT2D eigenvalue weighted by Gasteiger charge is 2.34. The lowest BCUT2D eigenvalue weighted by Gasteiger charge is -2.38. The van der Waals surface area contributed by atoms with E-state index in [1.807, 2.05) is 30.3 Å². The molecule has 1 aliphatic heterocycles. The van der Waals surface area contributed by atoms with E-state index in [-0.39, 0.29) is 18.1 Å². The van der Waals surface area contributed by atoms with Gasteiger partial charge in [0.2, 0.25) is 5.91 Å². The molecule has 2 aromatic rings. The first-order valence-electron chi connectivity index (χ1n) is 9.73. The summed E-state index contributed by atoms with van der Waals surface area (Å²) in [7, 11) is 1.57. The number of aromatic nitrogens is 2. The predicted octanol–water partition coefficient (Wildman–Crippen LogP) is 0.861. The number of aliphatic imine (C=N–C) groups is 1. The van der Waals surface area contributed by atoms with Crippen molar-refractivity contribution in [2.24, 2.45) is 4.99 Å². The summed E-state index contributed by atoms with van der Waals surface area (Å²) in [6, 6.07) is 9.91. The number of aryl methyl sites for hydroxylation is 1. The lowest BCUT2D eigenvalue weighted by molar-refractivity contribution is -0.135. The first kappa shape index (κ1) is 20.7. The number of nitrogens with two attached hydrogens (primary N) is 1. The zero-order chi connectivity index (χ0) is 20.9. The molecule has 1 saturated heterocycles. The van der Waals surface area contributed by atoms with Gasteiger partial charge < -0.3 is 15.7 Å². The molecular weight excluding hydrogens is 370 g/mol. The summed E-state index contributed by atoms with van der Waals surface area (Å²) < 4.78 is 1.33. The Morgan fingerprint density at radius 2 is 2.00 bits per heavy atom. The van der Waals surface area contributed by atoms with E-state index in [0.717, 1.165) is 5.56 Å². The van der Waals surface area contributed by atoms with Gasteiger partial charge in [0.25, 0.3) is 5.56 Å². The summed E-state index contributed by atoms with van der Waals surface area (Å²) in [6.45, 7) is 1.02. The number of anilines is 1. The van der Waals surface area contributed by atoms with E-state index in [1.54, 1.807) is 11.9 Å². The molecule has 0 atom stereocenters. The van der Waals surface area contributed by atoms with Crippen molar-refractivity contribution in [2.75, 3.05) is 25.9 Å². The number of amides is 1. The summed E-state index contributed by atoms with van der Waals surface area (Å²) in [4.78, 5) is 34.7. The SMILES string of the molecule is CN=Cc1ncn(CC2(O)CCN(C(=O)CCc3ccccc3)CC2)c(=O)c1N. The Kier molecular flexibility index (Phi) is 6.43. The number of hydrogen-bond acceptors (Lipinski definition) is 6. The Morgan fingerprint density at radius 1 is 1.31 bits per heavy atom. The van der Waals surface area contributed by atoms with Gasteiger partial charge in [0.1, 0.15) is 11.4 Å². The Balaban J connectivity index is 1.57. The van der Waals surface area contributed by atoms with Gasteiger partial charge in [0.15, 0.2) is 0 Å². The van der Waals surface area contributed by atoms with Crippen LogP contribution in [0.5, 0.6) is 0 Å². The first-order valence-corrected chi connectivity index (χ1v) is 9.73. The monoisotopic (exact) mass is 397 g/mol. The number of nitrogens with zero attached hydrogens (tertiary/aromatic N) is 4. The topological polar surface area (TPSA) is 114 Å². The van der Waals surface area contributed by atoms with Crippen LogP contribution in [-0.2, 0) is 17.8 Å². The minimum Gasteiger partial charge on any atom is -0.392 e. The molecule has 0 saturated carbocycles. The maximum absolute atomic E-state index is 12.5. The average Bonchev–Trinajstić information content (AvgIpc) is 2.73. The number of rotatable bonds is 6. The van der Waals surface area contributed by atoms with Crippen LogP contribution in [-0.4, -0.2) is 57.4 Å². The summed E-state index contributed by atoms with van der Waals surface area (Å²) in [5.74, 6) is 0.0854. The third-order valence-electron chi connectivity index (χ3n) is 5.34. The normalized spacial score (nSPS) is 16.3. The minimum absolute atomic E-state index is 0.00947. The smallest absolute Gasteiger partial charge is 0.277 e. The van der Waals surface area contributed by atoms with Crippen LogP contribution in [0, 0.1) is 0 Å². The number of hydrogen-bond donors (Lipinski definition) is 2. The number of piperidine rings is 1. The summed E-state index contributed by atoms with van der Waals surface area (Å²) in [5, 5.41) is 10.9. The number of benzene rings is 1. The maximum atomic E-state index is 12.5. The first-order chi connectivity index (χ1) is 13.9. The number of carbonyl (C=O) groups excluding carboxylic acids is 1. The van der Waals surface area contributed by atoms with E-state index in [0.29, 0.717) is 44.5 Å². The molecule has 0 spiro atoms. The quantitative estimate of drug-likeness (QED) is 0.702. The summed E-state index contributed by atoms with van der Waals surface area (Å²) >= 11 is 0. The molecule has 3 rings (SSSR count). The second-order valence-electron chi connectivity index (χ2n) is 7.45. The highest BCUT2D eigenvalue weighted by atomic mass is 16.3. The molecule has 0 radical (unpaired) electrons. The standard InChI is InChI=1S/C21H27N5O3/c1-23-13-17-19(22)20(28)26(15-24-17)14-21(29)9-11-25(12-10-21)18(27)8-7-16-5-3-2-4-6-16/h2-6,13,15,29H,7-12,14,22H2,1H3. The van der Waals surface area contributed by atoms with Crippen LogP contribution in [0.25, 0.3) is 0 Å². The van der Waals surface area contributed by atoms with Crippen molar-refractivity contribution >= 4 is 17.8 Å². The van der Waals surface area contributed by atoms with Crippen molar-refractivity contribution < 1.29 is 9.90 Å². The molecule has 3 N–H and O–H groups in total. The second-order valence-corrected chi connectivity index (χ2v) is 7.45. The van der Waals surface area contributed by atoms with E-state index in [4.69, 9.17) is 5.73 Å². The molecule has 1 amide bonds. The number of likely N-dealkylation sites (tertiary alicyclic amines) is 1. The van der Waals surface area contributed by atoms with Gasteiger partial charge in [-0.2, -0.15) is 0 Å². The third kappa shape index (κ3) is 5.08.